The number of likely N-dealkylation sites (N-methyl/N-ethyl adjacent to an activating group) is 1. The highest BCUT2D eigenvalue weighted by Gasteiger charge is 2.40. The zero-order valence-corrected chi connectivity index (χ0v) is 28.1. The van der Waals surface area contributed by atoms with Gasteiger partial charge >= 0.3 is 0 Å². The van der Waals surface area contributed by atoms with Crippen LogP contribution in [0.2, 0.25) is 0 Å². The number of hydrogen-bond acceptors (Lipinski definition) is 5. The van der Waals surface area contributed by atoms with Gasteiger partial charge in [0.1, 0.15) is 12.1 Å². The summed E-state index contributed by atoms with van der Waals surface area (Å²) in [6.07, 6.45) is 8.08. The fourth-order valence-corrected chi connectivity index (χ4v) is 6.19. The van der Waals surface area contributed by atoms with E-state index in [0.717, 1.165) is 45.1 Å². The molecule has 0 bridgehead atoms. The number of carbonyl (C=O) groups is 4. The minimum Gasteiger partial charge on any atom is -0.354 e. The molecule has 0 aromatic carbocycles. The first kappa shape index (κ1) is 35.8. The number of unbranched alkanes of at least 4 members (excludes halogenated alkanes) is 1. The molecule has 0 aromatic heterocycles. The van der Waals surface area contributed by atoms with Crippen molar-refractivity contribution in [2.24, 2.45) is 11.3 Å². The third-order valence-corrected chi connectivity index (χ3v) is 8.79. The molecular formula is C33H59N5O4. The van der Waals surface area contributed by atoms with E-state index in [-0.39, 0.29) is 47.7 Å². The maximum atomic E-state index is 14.1. The summed E-state index contributed by atoms with van der Waals surface area (Å²) in [5.74, 6) is -0.494. The molecule has 3 unspecified atom stereocenters. The second kappa shape index (κ2) is 15.9. The average Bonchev–Trinajstić information content (AvgIpc) is 3.42. The van der Waals surface area contributed by atoms with Crippen LogP contribution in [0.3, 0.4) is 0 Å². The molecule has 9 heteroatoms. The first-order valence-electron chi connectivity index (χ1n) is 16.2. The molecule has 42 heavy (non-hydrogen) atoms. The molecular weight excluding hydrogens is 530 g/mol. The van der Waals surface area contributed by atoms with Gasteiger partial charge in [0, 0.05) is 31.8 Å². The number of amides is 4. The fourth-order valence-electron chi connectivity index (χ4n) is 6.19. The lowest BCUT2D eigenvalue weighted by Gasteiger charge is -2.41. The second-order valence-corrected chi connectivity index (χ2v) is 14.0. The van der Waals surface area contributed by atoms with Gasteiger partial charge in [-0.25, -0.2) is 0 Å². The zero-order valence-electron chi connectivity index (χ0n) is 28.1. The minimum absolute atomic E-state index is 0.0273. The molecule has 0 aliphatic carbocycles. The van der Waals surface area contributed by atoms with Crippen LogP contribution in [0.1, 0.15) is 107 Å². The first-order valence-corrected chi connectivity index (χ1v) is 16.2. The van der Waals surface area contributed by atoms with Crippen molar-refractivity contribution in [2.45, 2.75) is 137 Å². The largest absolute Gasteiger partial charge is 0.354 e. The Morgan fingerprint density at radius 2 is 1.60 bits per heavy atom. The molecule has 2 saturated heterocycles. The van der Waals surface area contributed by atoms with Crippen LogP contribution in [0.15, 0.2) is 11.6 Å². The van der Waals surface area contributed by atoms with Crippen molar-refractivity contribution in [3.63, 3.8) is 0 Å². The number of nitrogens with zero attached hydrogens (tertiary/aromatic N) is 3. The topological polar surface area (TPSA) is 102 Å². The Hall–Kier alpha value is -2.42. The van der Waals surface area contributed by atoms with Crippen molar-refractivity contribution in [2.75, 3.05) is 26.7 Å². The smallest absolute Gasteiger partial charge is 0.249 e. The number of likely N-dealkylation sites (tertiary alicyclic amines) is 2. The third-order valence-electron chi connectivity index (χ3n) is 8.79. The van der Waals surface area contributed by atoms with Gasteiger partial charge in [-0.15, -0.1) is 0 Å². The van der Waals surface area contributed by atoms with Crippen LogP contribution in [0.5, 0.6) is 0 Å². The van der Waals surface area contributed by atoms with E-state index in [1.165, 1.54) is 0 Å². The van der Waals surface area contributed by atoms with E-state index in [0.29, 0.717) is 25.1 Å². The van der Waals surface area contributed by atoms with Crippen molar-refractivity contribution < 1.29 is 19.2 Å². The quantitative estimate of drug-likeness (QED) is 0.264. The van der Waals surface area contributed by atoms with Crippen molar-refractivity contribution in [3.05, 3.63) is 11.6 Å². The lowest BCUT2D eigenvalue weighted by molar-refractivity contribution is -0.142. The summed E-state index contributed by atoms with van der Waals surface area (Å²) in [6.45, 7) is 20.1. The summed E-state index contributed by atoms with van der Waals surface area (Å²) in [6, 6.07) is -1.52. The van der Waals surface area contributed by atoms with Gasteiger partial charge in [0.05, 0.1) is 12.1 Å². The monoisotopic (exact) mass is 589 g/mol. The number of rotatable bonds is 12. The van der Waals surface area contributed by atoms with Crippen molar-refractivity contribution >= 4 is 23.6 Å². The molecule has 0 saturated carbocycles. The molecule has 9 nitrogen and oxygen atoms in total. The van der Waals surface area contributed by atoms with Crippen LogP contribution >= 0.6 is 0 Å². The van der Waals surface area contributed by atoms with Gasteiger partial charge in [-0.2, -0.15) is 0 Å². The van der Waals surface area contributed by atoms with Gasteiger partial charge in [-0.3, -0.25) is 24.1 Å². The standard InChI is InChI=1S/C33H59N5O4/c1-11-12-18-34-29(39)25-17-15-20-38(25)31(41)24(6)21-27(22(2)3)36(10)32(42)28(33(7,8)9)35-30(40)26-16-13-14-19-37(26)23(4)5/h21-23,25-28H,11-20H2,1-10H3,(H,34,39)(H,35,40)/b24-21+/t25?,26?,27-,28?/m1/s1. The highest BCUT2D eigenvalue weighted by Crippen LogP contribution is 2.26. The summed E-state index contributed by atoms with van der Waals surface area (Å²) in [4.78, 5) is 59.6. The summed E-state index contributed by atoms with van der Waals surface area (Å²) < 4.78 is 0. The molecule has 2 N–H and O–H groups in total. The molecule has 2 fully saturated rings. The summed E-state index contributed by atoms with van der Waals surface area (Å²) >= 11 is 0. The van der Waals surface area contributed by atoms with Crippen molar-refractivity contribution in [3.8, 4) is 0 Å². The van der Waals surface area contributed by atoms with Crippen LogP contribution in [-0.4, -0.2) is 95.2 Å². The SMILES string of the molecule is CCCCNC(=O)C1CCCN1C(=O)/C(C)=C/[C@H](C(C)C)N(C)C(=O)C(NC(=O)C1CCCCN1C(C)C)C(C)(C)C. The molecule has 4 atom stereocenters. The van der Waals surface area contributed by atoms with E-state index in [9.17, 15) is 19.2 Å². The minimum atomic E-state index is -0.716. The Kier molecular flexibility index (Phi) is 13.5. The van der Waals surface area contributed by atoms with Gasteiger partial charge in [0.15, 0.2) is 0 Å². The van der Waals surface area contributed by atoms with Crippen LogP contribution < -0.4 is 10.6 Å². The lowest BCUT2D eigenvalue weighted by Crippen LogP contribution is -2.60. The average molecular weight is 590 g/mol. The number of hydrogen-bond donors (Lipinski definition) is 2. The molecule has 2 aliphatic heterocycles. The van der Waals surface area contributed by atoms with Gasteiger partial charge in [0.2, 0.25) is 23.6 Å². The van der Waals surface area contributed by atoms with E-state index in [4.69, 9.17) is 0 Å². The normalized spacial score (nSPS) is 21.8. The molecule has 4 amide bonds. The number of piperidine rings is 1. The Morgan fingerprint density at radius 3 is 2.17 bits per heavy atom. The Balaban J connectivity index is 2.23. The van der Waals surface area contributed by atoms with Crippen molar-refractivity contribution in [1.82, 2.24) is 25.3 Å². The molecule has 0 radical (unpaired) electrons. The second-order valence-electron chi connectivity index (χ2n) is 14.0. The van der Waals surface area contributed by atoms with E-state index in [1.54, 1.807) is 23.8 Å². The van der Waals surface area contributed by atoms with Gasteiger partial charge in [0.25, 0.3) is 0 Å². The van der Waals surface area contributed by atoms with Crippen LogP contribution in [0.25, 0.3) is 0 Å². The molecule has 2 heterocycles. The van der Waals surface area contributed by atoms with Crippen LogP contribution in [0.4, 0.5) is 0 Å². The van der Waals surface area contributed by atoms with E-state index >= 15 is 0 Å². The highest BCUT2D eigenvalue weighted by atomic mass is 16.2. The van der Waals surface area contributed by atoms with E-state index < -0.39 is 17.5 Å². The lowest BCUT2D eigenvalue weighted by atomic mass is 9.84. The van der Waals surface area contributed by atoms with Gasteiger partial charge in [-0.1, -0.05) is 60.5 Å². The number of carbonyl (C=O) groups excluding carboxylic acids is 4. The zero-order chi connectivity index (χ0) is 31.8. The predicted octanol–water partition coefficient (Wildman–Crippen LogP) is 4.12. The maximum absolute atomic E-state index is 14.1. The van der Waals surface area contributed by atoms with Crippen LogP contribution in [-0.2, 0) is 19.2 Å². The molecule has 2 rings (SSSR count). The van der Waals surface area contributed by atoms with Crippen molar-refractivity contribution in [1.29, 1.82) is 0 Å². The Labute approximate surface area is 255 Å². The van der Waals surface area contributed by atoms with E-state index in [1.807, 2.05) is 40.7 Å². The molecule has 0 spiro atoms. The fraction of sp³-hybridized carbons (Fsp3) is 0.818. The molecule has 0 aromatic rings. The Bertz CT molecular complexity index is 970. The summed E-state index contributed by atoms with van der Waals surface area (Å²) in [7, 11) is 1.76. The molecule has 240 valence electrons. The maximum Gasteiger partial charge on any atom is 0.249 e. The third kappa shape index (κ3) is 9.29. The summed E-state index contributed by atoms with van der Waals surface area (Å²) in [5, 5.41) is 6.11. The first-order chi connectivity index (χ1) is 19.6. The highest BCUT2D eigenvalue weighted by molar-refractivity contribution is 5.97. The van der Waals surface area contributed by atoms with Gasteiger partial charge in [-0.05, 0) is 70.8 Å². The summed E-state index contributed by atoms with van der Waals surface area (Å²) in [5.41, 5.74) is 0.00949. The van der Waals surface area contributed by atoms with E-state index in [2.05, 4.69) is 36.3 Å². The predicted molar refractivity (Wildman–Crippen MR) is 169 cm³/mol. The Morgan fingerprint density at radius 1 is 0.952 bits per heavy atom. The number of nitrogens with one attached hydrogen (secondary N) is 2. The molecule has 2 aliphatic rings. The van der Waals surface area contributed by atoms with Gasteiger partial charge < -0.3 is 20.4 Å². The van der Waals surface area contributed by atoms with Crippen LogP contribution in [0, 0.1) is 11.3 Å².